The third kappa shape index (κ3) is 4.45. The van der Waals surface area contributed by atoms with Crippen molar-refractivity contribution >= 4 is 21.8 Å². The maximum atomic E-state index is 14.5. The molecule has 2 N–H and O–H groups in total. The van der Waals surface area contributed by atoms with E-state index >= 15 is 0 Å². The van der Waals surface area contributed by atoms with Crippen LogP contribution >= 0.6 is 0 Å². The zero-order chi connectivity index (χ0) is 25.5. The molecule has 8 nitrogen and oxygen atoms in total. The van der Waals surface area contributed by atoms with Crippen molar-refractivity contribution in [3.05, 3.63) is 72.9 Å². The second-order valence-corrected chi connectivity index (χ2v) is 9.37. The number of aryl methyl sites for hydroxylation is 1. The first-order valence-electron chi connectivity index (χ1n) is 12.0. The topological polar surface area (TPSA) is 87.7 Å². The lowest BCUT2D eigenvalue weighted by atomic mass is 10.0. The van der Waals surface area contributed by atoms with Crippen LogP contribution in [0.2, 0.25) is 0 Å². The van der Waals surface area contributed by atoms with E-state index < -0.39 is 0 Å². The van der Waals surface area contributed by atoms with Crippen molar-refractivity contribution in [3.63, 3.8) is 0 Å². The second kappa shape index (κ2) is 9.18. The molecular formula is C28H26FN7O. The number of pyridine rings is 1. The summed E-state index contributed by atoms with van der Waals surface area (Å²) in [5.41, 5.74) is 6.89. The van der Waals surface area contributed by atoms with Gasteiger partial charge in [-0.2, -0.15) is 10.2 Å². The van der Waals surface area contributed by atoms with E-state index in [0.29, 0.717) is 23.6 Å². The van der Waals surface area contributed by atoms with Gasteiger partial charge in [0.2, 0.25) is 0 Å². The Bertz CT molecular complexity index is 1730. The van der Waals surface area contributed by atoms with Gasteiger partial charge in [-0.05, 0) is 56.1 Å². The zero-order valence-corrected chi connectivity index (χ0v) is 20.8. The summed E-state index contributed by atoms with van der Waals surface area (Å²) in [4.78, 5) is 10.1. The van der Waals surface area contributed by atoms with Crippen molar-refractivity contribution in [2.24, 2.45) is 7.05 Å². The Morgan fingerprint density at radius 2 is 1.81 bits per heavy atom. The van der Waals surface area contributed by atoms with E-state index in [1.165, 1.54) is 12.1 Å². The van der Waals surface area contributed by atoms with E-state index in [1.54, 1.807) is 10.9 Å². The van der Waals surface area contributed by atoms with E-state index in [2.05, 4.69) is 37.4 Å². The molecule has 0 radical (unpaired) electrons. The molecule has 6 aromatic rings. The van der Waals surface area contributed by atoms with Gasteiger partial charge in [0.1, 0.15) is 23.9 Å². The molecule has 0 amide bonds. The molecule has 6 rings (SSSR count). The van der Waals surface area contributed by atoms with Crippen molar-refractivity contribution in [3.8, 4) is 39.5 Å². The van der Waals surface area contributed by atoms with Crippen LogP contribution in [0.5, 0.6) is 5.75 Å². The largest absolute Gasteiger partial charge is 0.492 e. The highest BCUT2D eigenvalue weighted by Crippen LogP contribution is 2.35. The minimum Gasteiger partial charge on any atom is -0.492 e. The van der Waals surface area contributed by atoms with Gasteiger partial charge in [-0.3, -0.25) is 14.8 Å². The van der Waals surface area contributed by atoms with E-state index in [-0.39, 0.29) is 5.82 Å². The Morgan fingerprint density at radius 3 is 2.62 bits per heavy atom. The first-order valence-corrected chi connectivity index (χ1v) is 12.0. The van der Waals surface area contributed by atoms with Crippen molar-refractivity contribution in [2.45, 2.75) is 0 Å². The summed E-state index contributed by atoms with van der Waals surface area (Å²) < 4.78 is 22.1. The first-order chi connectivity index (χ1) is 17.9. The molecule has 4 heterocycles. The summed E-state index contributed by atoms with van der Waals surface area (Å²) in [7, 11) is 5.84. The number of hydrogen-bond donors (Lipinski definition) is 2. The van der Waals surface area contributed by atoms with Gasteiger partial charge in [-0.25, -0.2) is 4.39 Å². The summed E-state index contributed by atoms with van der Waals surface area (Å²) in [5, 5.41) is 13.9. The van der Waals surface area contributed by atoms with Crippen LogP contribution in [0.4, 0.5) is 4.39 Å². The summed E-state index contributed by atoms with van der Waals surface area (Å²) in [5.74, 6) is 0.112. The number of ether oxygens (including phenoxy) is 1. The minimum absolute atomic E-state index is 0.367. The van der Waals surface area contributed by atoms with Crippen LogP contribution in [0.3, 0.4) is 0 Å². The first kappa shape index (κ1) is 22.9. The molecule has 9 heteroatoms. The normalized spacial score (nSPS) is 11.7. The van der Waals surface area contributed by atoms with Crippen molar-refractivity contribution in [1.29, 1.82) is 0 Å². The predicted octanol–water partition coefficient (Wildman–Crippen LogP) is 5.25. The fourth-order valence-corrected chi connectivity index (χ4v) is 4.51. The Hall–Kier alpha value is -4.50. The molecule has 0 bridgehead atoms. The molecular weight excluding hydrogens is 469 g/mol. The lowest BCUT2D eigenvalue weighted by molar-refractivity contribution is 0.260. The van der Waals surface area contributed by atoms with Gasteiger partial charge in [-0.15, -0.1) is 0 Å². The molecule has 0 fully saturated rings. The highest BCUT2D eigenvalue weighted by atomic mass is 19.1. The predicted molar refractivity (Wildman–Crippen MR) is 143 cm³/mol. The van der Waals surface area contributed by atoms with Crippen LogP contribution in [-0.4, -0.2) is 62.1 Å². The number of likely N-dealkylation sites (N-methyl/N-ethyl adjacent to an activating group) is 1. The number of rotatable bonds is 7. The highest BCUT2D eigenvalue weighted by Gasteiger charge is 2.16. The van der Waals surface area contributed by atoms with Crippen LogP contribution in [-0.2, 0) is 7.05 Å². The molecule has 0 unspecified atom stereocenters. The fraction of sp³-hybridized carbons (Fsp3) is 0.179. The minimum atomic E-state index is -0.367. The van der Waals surface area contributed by atoms with Gasteiger partial charge in [0.15, 0.2) is 0 Å². The molecule has 0 aliphatic rings. The summed E-state index contributed by atoms with van der Waals surface area (Å²) in [6.07, 6.45) is 5.55. The molecule has 0 atom stereocenters. The number of benzene rings is 2. The van der Waals surface area contributed by atoms with Gasteiger partial charge in [-0.1, -0.05) is 6.07 Å². The third-order valence-corrected chi connectivity index (χ3v) is 6.36. The Balaban J connectivity index is 1.40. The third-order valence-electron chi connectivity index (χ3n) is 6.36. The number of nitrogens with one attached hydrogen (secondary N) is 2. The maximum Gasteiger partial charge on any atom is 0.127 e. The molecule has 0 aliphatic carbocycles. The Morgan fingerprint density at radius 1 is 0.946 bits per heavy atom. The molecule has 0 aliphatic heterocycles. The number of halogens is 1. The van der Waals surface area contributed by atoms with Crippen LogP contribution in [0.15, 0.2) is 67.1 Å². The Labute approximate surface area is 212 Å². The highest BCUT2D eigenvalue weighted by molar-refractivity contribution is 6.00. The van der Waals surface area contributed by atoms with E-state index in [9.17, 15) is 4.39 Å². The number of aromatic nitrogens is 6. The van der Waals surface area contributed by atoms with E-state index in [0.717, 1.165) is 50.9 Å². The van der Waals surface area contributed by atoms with Crippen LogP contribution < -0.4 is 4.74 Å². The summed E-state index contributed by atoms with van der Waals surface area (Å²) in [6.45, 7) is 1.20. The van der Waals surface area contributed by atoms with Gasteiger partial charge >= 0.3 is 0 Å². The van der Waals surface area contributed by atoms with E-state index in [4.69, 9.17) is 4.74 Å². The van der Waals surface area contributed by atoms with Crippen LogP contribution in [0.25, 0.3) is 55.6 Å². The lowest BCUT2D eigenvalue weighted by Crippen LogP contribution is -2.19. The van der Waals surface area contributed by atoms with Gasteiger partial charge in [0.05, 0.1) is 23.1 Å². The maximum absolute atomic E-state index is 14.5. The van der Waals surface area contributed by atoms with Crippen LogP contribution in [0, 0.1) is 5.82 Å². The SMILES string of the molecule is CN(C)CCOc1cc(F)cc(-c2nccc3[nH]c(-c4n[nH]c5ccc(-c6cnn(C)c6)cc45)cc23)c1. The summed E-state index contributed by atoms with van der Waals surface area (Å²) >= 11 is 0. The molecule has 0 saturated carbocycles. The van der Waals surface area contributed by atoms with Crippen molar-refractivity contribution < 1.29 is 9.13 Å². The average Bonchev–Trinajstić information content (AvgIpc) is 3.60. The molecule has 0 saturated heterocycles. The molecule has 4 aromatic heterocycles. The summed E-state index contributed by atoms with van der Waals surface area (Å²) in [6, 6.07) is 14.8. The number of nitrogens with zero attached hydrogens (tertiary/aromatic N) is 5. The number of H-pyrrole nitrogens is 2. The molecule has 186 valence electrons. The Kier molecular flexibility index (Phi) is 5.69. The molecule has 2 aromatic carbocycles. The lowest BCUT2D eigenvalue weighted by Gasteiger charge is -2.12. The van der Waals surface area contributed by atoms with Gasteiger partial charge < -0.3 is 14.6 Å². The van der Waals surface area contributed by atoms with Crippen molar-refractivity contribution in [2.75, 3.05) is 27.2 Å². The number of fused-ring (bicyclic) bond motifs is 2. The number of hydrogen-bond acceptors (Lipinski definition) is 5. The van der Waals surface area contributed by atoms with Gasteiger partial charge in [0, 0.05) is 59.5 Å². The number of aromatic amines is 2. The quantitative estimate of drug-likeness (QED) is 0.316. The van der Waals surface area contributed by atoms with Crippen LogP contribution in [0.1, 0.15) is 0 Å². The van der Waals surface area contributed by atoms with Gasteiger partial charge in [0.25, 0.3) is 0 Å². The molecule has 37 heavy (non-hydrogen) atoms. The molecule has 0 spiro atoms. The average molecular weight is 496 g/mol. The standard InChI is InChI=1S/C28H26FN7O/c1-35(2)8-9-37-21-11-18(10-20(29)13-21)27-23-14-26(32-24(23)6-7-30-27)28-22-12-17(4-5-25(22)33-34-28)19-15-31-36(3)16-19/h4-7,10-16,32H,8-9H2,1-3H3,(H,33,34). The van der Waals surface area contributed by atoms with Crippen molar-refractivity contribution in [1.82, 2.24) is 34.8 Å². The fourth-order valence-electron chi connectivity index (χ4n) is 4.51. The zero-order valence-electron chi connectivity index (χ0n) is 20.8. The second-order valence-electron chi connectivity index (χ2n) is 9.37. The monoisotopic (exact) mass is 495 g/mol. The smallest absolute Gasteiger partial charge is 0.127 e. The van der Waals surface area contributed by atoms with E-state index in [1.807, 2.05) is 62.7 Å².